The molecule has 3 nitrogen and oxygen atoms in total. The molecule has 1 spiro atoms. The van der Waals surface area contributed by atoms with Gasteiger partial charge in [0.25, 0.3) is 0 Å². The molecule has 3 rings (SSSR count). The second-order valence-corrected chi connectivity index (χ2v) is 5.54. The molecule has 2 aliphatic heterocycles. The zero-order valence-electron chi connectivity index (χ0n) is 10.6. The van der Waals surface area contributed by atoms with Crippen molar-refractivity contribution < 1.29 is 4.74 Å². The number of hydrogen-bond acceptors (Lipinski definition) is 3. The summed E-state index contributed by atoms with van der Waals surface area (Å²) in [6.07, 6.45) is 5.11. The Balaban J connectivity index is 1.72. The number of rotatable bonds is 1. The Labute approximate surface area is 103 Å². The molecular weight excluding hydrogens is 212 g/mol. The summed E-state index contributed by atoms with van der Waals surface area (Å²) in [5.74, 6) is 1.01. The van der Waals surface area contributed by atoms with Crippen LogP contribution in [-0.4, -0.2) is 34.6 Å². The molecule has 0 N–H and O–H groups in total. The molecule has 0 unspecified atom stereocenters. The number of fused-ring (bicyclic) bond motifs is 1. The molecule has 0 aliphatic carbocycles. The summed E-state index contributed by atoms with van der Waals surface area (Å²) < 4.78 is 6.17. The number of aromatic nitrogens is 1. The SMILES string of the molecule is CC(C)N1CCC2(CC1)Cc1ncccc1O2. The van der Waals surface area contributed by atoms with Gasteiger partial charge in [-0.2, -0.15) is 0 Å². The van der Waals surface area contributed by atoms with E-state index in [-0.39, 0.29) is 5.60 Å². The summed E-state index contributed by atoms with van der Waals surface area (Å²) in [6, 6.07) is 4.65. The highest BCUT2D eigenvalue weighted by Gasteiger charge is 2.42. The molecular formula is C14H20N2O. The van der Waals surface area contributed by atoms with Gasteiger partial charge in [-0.15, -0.1) is 0 Å². The van der Waals surface area contributed by atoms with Crippen LogP contribution in [0.5, 0.6) is 5.75 Å². The van der Waals surface area contributed by atoms with Crippen molar-refractivity contribution >= 4 is 0 Å². The van der Waals surface area contributed by atoms with Crippen LogP contribution in [0.15, 0.2) is 18.3 Å². The fourth-order valence-corrected chi connectivity index (χ4v) is 2.95. The second kappa shape index (κ2) is 3.98. The summed E-state index contributed by atoms with van der Waals surface area (Å²) in [6.45, 7) is 6.82. The van der Waals surface area contributed by atoms with Gasteiger partial charge in [-0.1, -0.05) is 0 Å². The zero-order chi connectivity index (χ0) is 11.9. The standard InChI is InChI=1S/C14H20N2O/c1-11(2)16-8-5-14(6-9-16)10-12-13(17-14)4-3-7-15-12/h3-4,7,11H,5-6,8-10H2,1-2H3. The summed E-state index contributed by atoms with van der Waals surface area (Å²) in [5.41, 5.74) is 1.19. The fourth-order valence-electron chi connectivity index (χ4n) is 2.95. The Bertz CT molecular complexity index is 381. The first-order valence-corrected chi connectivity index (χ1v) is 6.55. The molecule has 0 radical (unpaired) electrons. The van der Waals surface area contributed by atoms with Crippen molar-refractivity contribution in [2.75, 3.05) is 13.1 Å². The van der Waals surface area contributed by atoms with Gasteiger partial charge in [0, 0.05) is 44.6 Å². The number of ether oxygens (including phenoxy) is 1. The van der Waals surface area contributed by atoms with E-state index in [4.69, 9.17) is 4.74 Å². The number of hydrogen-bond donors (Lipinski definition) is 0. The van der Waals surface area contributed by atoms with Gasteiger partial charge in [-0.3, -0.25) is 4.98 Å². The maximum absolute atomic E-state index is 6.17. The summed E-state index contributed by atoms with van der Waals surface area (Å²) in [5, 5.41) is 0. The molecule has 3 heterocycles. The quantitative estimate of drug-likeness (QED) is 0.742. The molecule has 1 aromatic heterocycles. The highest BCUT2D eigenvalue weighted by atomic mass is 16.5. The highest BCUT2D eigenvalue weighted by molar-refractivity contribution is 5.34. The fraction of sp³-hybridized carbons (Fsp3) is 0.643. The van der Waals surface area contributed by atoms with Crippen molar-refractivity contribution in [1.29, 1.82) is 0 Å². The van der Waals surface area contributed by atoms with Crippen LogP contribution in [0.1, 0.15) is 32.4 Å². The van der Waals surface area contributed by atoms with Gasteiger partial charge in [0.1, 0.15) is 11.4 Å². The third kappa shape index (κ3) is 1.93. The topological polar surface area (TPSA) is 25.4 Å². The van der Waals surface area contributed by atoms with Crippen LogP contribution in [0.25, 0.3) is 0 Å². The predicted octanol–water partition coefficient (Wildman–Crippen LogP) is 2.26. The molecule has 0 bridgehead atoms. The van der Waals surface area contributed by atoms with Gasteiger partial charge in [-0.05, 0) is 26.0 Å². The first-order chi connectivity index (χ1) is 8.19. The molecule has 3 heteroatoms. The average Bonchev–Trinajstić information content (AvgIpc) is 2.67. The zero-order valence-corrected chi connectivity index (χ0v) is 10.6. The van der Waals surface area contributed by atoms with E-state index in [1.54, 1.807) is 0 Å². The smallest absolute Gasteiger partial charge is 0.141 e. The van der Waals surface area contributed by atoms with E-state index >= 15 is 0 Å². The van der Waals surface area contributed by atoms with Crippen molar-refractivity contribution in [3.8, 4) is 5.75 Å². The molecule has 1 aromatic rings. The van der Waals surface area contributed by atoms with Crippen molar-refractivity contribution in [3.63, 3.8) is 0 Å². The van der Waals surface area contributed by atoms with Crippen molar-refractivity contribution in [2.24, 2.45) is 0 Å². The lowest BCUT2D eigenvalue weighted by molar-refractivity contribution is 0.0103. The van der Waals surface area contributed by atoms with Crippen molar-refractivity contribution in [3.05, 3.63) is 24.0 Å². The molecule has 0 atom stereocenters. The Morgan fingerprint density at radius 2 is 2.12 bits per heavy atom. The number of nitrogens with zero attached hydrogens (tertiary/aromatic N) is 2. The average molecular weight is 232 g/mol. The van der Waals surface area contributed by atoms with Crippen LogP contribution in [-0.2, 0) is 6.42 Å². The summed E-state index contributed by atoms with van der Waals surface area (Å²) in [4.78, 5) is 6.96. The van der Waals surface area contributed by atoms with Crippen LogP contribution in [0.2, 0.25) is 0 Å². The van der Waals surface area contributed by atoms with E-state index in [2.05, 4.69) is 23.7 Å². The minimum atomic E-state index is 0.0437. The molecule has 2 aliphatic rings. The largest absolute Gasteiger partial charge is 0.485 e. The Morgan fingerprint density at radius 3 is 2.76 bits per heavy atom. The molecule has 1 saturated heterocycles. The first-order valence-electron chi connectivity index (χ1n) is 6.55. The minimum absolute atomic E-state index is 0.0437. The van der Waals surface area contributed by atoms with Crippen molar-refractivity contribution in [2.45, 2.75) is 44.8 Å². The van der Waals surface area contributed by atoms with E-state index in [1.807, 2.05) is 18.3 Å². The van der Waals surface area contributed by atoms with E-state index in [1.165, 1.54) is 0 Å². The lowest BCUT2D eigenvalue weighted by Crippen LogP contribution is -2.49. The van der Waals surface area contributed by atoms with Gasteiger partial charge in [0.15, 0.2) is 0 Å². The first kappa shape index (κ1) is 11.0. The molecule has 17 heavy (non-hydrogen) atoms. The second-order valence-electron chi connectivity index (χ2n) is 5.54. The van der Waals surface area contributed by atoms with E-state index in [9.17, 15) is 0 Å². The van der Waals surface area contributed by atoms with E-state index in [0.717, 1.165) is 43.8 Å². The highest BCUT2D eigenvalue weighted by Crippen LogP contribution is 2.39. The summed E-state index contributed by atoms with van der Waals surface area (Å²) in [7, 11) is 0. The molecule has 0 aromatic carbocycles. The van der Waals surface area contributed by atoms with Crippen molar-refractivity contribution in [1.82, 2.24) is 9.88 Å². The Morgan fingerprint density at radius 1 is 1.35 bits per heavy atom. The lowest BCUT2D eigenvalue weighted by atomic mass is 9.88. The Kier molecular flexibility index (Phi) is 2.58. The Hall–Kier alpha value is -1.09. The molecule has 0 saturated carbocycles. The maximum atomic E-state index is 6.17. The van der Waals surface area contributed by atoms with Gasteiger partial charge in [-0.25, -0.2) is 0 Å². The maximum Gasteiger partial charge on any atom is 0.141 e. The van der Waals surface area contributed by atoms with E-state index in [0.29, 0.717) is 6.04 Å². The lowest BCUT2D eigenvalue weighted by Gasteiger charge is -2.40. The van der Waals surface area contributed by atoms with E-state index < -0.39 is 0 Å². The minimum Gasteiger partial charge on any atom is -0.485 e. The van der Waals surface area contributed by atoms with Gasteiger partial charge in [0.05, 0.1) is 5.69 Å². The van der Waals surface area contributed by atoms with Crippen LogP contribution in [0.4, 0.5) is 0 Å². The van der Waals surface area contributed by atoms with Crippen LogP contribution in [0.3, 0.4) is 0 Å². The van der Waals surface area contributed by atoms with Gasteiger partial charge >= 0.3 is 0 Å². The predicted molar refractivity (Wildman–Crippen MR) is 67.2 cm³/mol. The molecule has 1 fully saturated rings. The third-order valence-corrected chi connectivity index (χ3v) is 4.10. The van der Waals surface area contributed by atoms with Gasteiger partial charge < -0.3 is 9.64 Å². The molecule has 92 valence electrons. The molecule has 0 amide bonds. The van der Waals surface area contributed by atoms with Gasteiger partial charge in [0.2, 0.25) is 0 Å². The number of piperidine rings is 1. The summed E-state index contributed by atoms with van der Waals surface area (Å²) >= 11 is 0. The third-order valence-electron chi connectivity index (χ3n) is 4.10. The normalized spacial score (nSPS) is 22.8. The number of likely N-dealkylation sites (tertiary alicyclic amines) is 1. The van der Waals surface area contributed by atoms with Crippen LogP contribution < -0.4 is 4.74 Å². The number of pyridine rings is 1. The monoisotopic (exact) mass is 232 g/mol. The van der Waals surface area contributed by atoms with Crippen LogP contribution in [0, 0.1) is 0 Å². The van der Waals surface area contributed by atoms with Crippen LogP contribution >= 0.6 is 0 Å².